The minimum atomic E-state index is -0.216. The Kier molecular flexibility index (Phi) is 1.34. The van der Waals surface area contributed by atoms with Gasteiger partial charge in [-0.1, -0.05) is 12.7 Å². The van der Waals surface area contributed by atoms with E-state index in [1.165, 1.54) is 0 Å². The third-order valence-electron chi connectivity index (χ3n) is 2.32. The Morgan fingerprint density at radius 3 is 3.18 bits per heavy atom. The fourth-order valence-electron chi connectivity index (χ4n) is 1.65. The Morgan fingerprint density at radius 2 is 2.45 bits per heavy atom. The van der Waals surface area contributed by atoms with Crippen LogP contribution in [-0.2, 0) is 9.53 Å². The highest BCUT2D eigenvalue weighted by Gasteiger charge is 2.37. The molecular weight excluding hydrogens is 140 g/mol. The van der Waals surface area contributed by atoms with Crippen LogP contribution in [0.25, 0.3) is 0 Å². The van der Waals surface area contributed by atoms with Crippen molar-refractivity contribution in [2.24, 2.45) is 5.92 Å². The number of hydrogen-bond acceptors (Lipinski definition) is 2. The molecule has 2 rings (SSSR count). The van der Waals surface area contributed by atoms with Gasteiger partial charge in [0.05, 0.1) is 0 Å². The number of allylic oxidation sites excluding steroid dienone is 1. The summed E-state index contributed by atoms with van der Waals surface area (Å²) in [6.45, 7) is 3.71. The maximum atomic E-state index is 11.0. The first-order valence-electron chi connectivity index (χ1n) is 3.85. The van der Waals surface area contributed by atoms with Gasteiger partial charge in [0.2, 0.25) is 0 Å². The van der Waals surface area contributed by atoms with Gasteiger partial charge in [0.25, 0.3) is 0 Å². The van der Waals surface area contributed by atoms with E-state index in [-0.39, 0.29) is 18.0 Å². The second-order valence-corrected chi connectivity index (χ2v) is 3.01. The van der Waals surface area contributed by atoms with E-state index in [0.717, 1.165) is 12.8 Å². The zero-order valence-electron chi connectivity index (χ0n) is 6.25. The lowest BCUT2D eigenvalue weighted by atomic mass is 9.88. The van der Waals surface area contributed by atoms with Gasteiger partial charge in [-0.2, -0.15) is 0 Å². The largest absolute Gasteiger partial charge is 0.454 e. The summed E-state index contributed by atoms with van der Waals surface area (Å²) in [5.74, 6) is 0.0408. The van der Waals surface area contributed by atoms with Gasteiger partial charge in [0.1, 0.15) is 6.10 Å². The van der Waals surface area contributed by atoms with Crippen LogP contribution in [0.4, 0.5) is 0 Å². The van der Waals surface area contributed by atoms with Crippen LogP contribution in [0.3, 0.4) is 0 Å². The number of esters is 1. The average molecular weight is 150 g/mol. The normalized spacial score (nSPS) is 35.3. The molecule has 0 aromatic carbocycles. The molecule has 1 saturated heterocycles. The molecule has 0 spiro atoms. The Hall–Kier alpha value is -1.05. The monoisotopic (exact) mass is 150 g/mol. The van der Waals surface area contributed by atoms with Crippen LogP contribution in [0.5, 0.6) is 0 Å². The van der Waals surface area contributed by atoms with E-state index in [4.69, 9.17) is 4.74 Å². The number of fused-ring (bicyclic) bond motifs is 1. The first kappa shape index (κ1) is 6.65. The predicted octanol–water partition coefficient (Wildman–Crippen LogP) is 1.43. The minimum Gasteiger partial charge on any atom is -0.454 e. The highest BCUT2D eigenvalue weighted by atomic mass is 16.5. The van der Waals surface area contributed by atoms with Crippen molar-refractivity contribution in [3.05, 3.63) is 24.3 Å². The molecule has 1 fully saturated rings. The summed E-state index contributed by atoms with van der Waals surface area (Å²) < 4.78 is 5.05. The molecule has 2 heteroatoms. The summed E-state index contributed by atoms with van der Waals surface area (Å²) in [6.07, 6.45) is 6.06. The summed E-state index contributed by atoms with van der Waals surface area (Å²) in [6, 6.07) is 0. The number of carbonyl (C=O) groups is 1. The molecule has 2 aliphatic rings. The van der Waals surface area contributed by atoms with Crippen LogP contribution in [-0.4, -0.2) is 12.1 Å². The molecule has 1 heterocycles. The van der Waals surface area contributed by atoms with Gasteiger partial charge >= 0.3 is 5.97 Å². The molecule has 0 amide bonds. The van der Waals surface area contributed by atoms with Gasteiger partial charge in [0, 0.05) is 11.5 Å². The molecule has 11 heavy (non-hydrogen) atoms. The molecular formula is C9H10O2. The molecule has 0 N–H and O–H groups in total. The molecule has 58 valence electrons. The van der Waals surface area contributed by atoms with E-state index in [9.17, 15) is 4.79 Å². The maximum absolute atomic E-state index is 11.0. The Balaban J connectivity index is 2.27. The lowest BCUT2D eigenvalue weighted by Gasteiger charge is -2.16. The molecule has 0 aromatic rings. The van der Waals surface area contributed by atoms with E-state index in [0.29, 0.717) is 5.57 Å². The first-order valence-corrected chi connectivity index (χ1v) is 3.85. The summed E-state index contributed by atoms with van der Waals surface area (Å²) in [7, 11) is 0. The Bertz CT molecular complexity index is 240. The molecule has 0 bridgehead atoms. The predicted molar refractivity (Wildman–Crippen MR) is 40.9 cm³/mol. The van der Waals surface area contributed by atoms with Gasteiger partial charge in [-0.25, -0.2) is 4.79 Å². The Labute approximate surface area is 65.5 Å². The van der Waals surface area contributed by atoms with Crippen molar-refractivity contribution in [1.29, 1.82) is 0 Å². The molecule has 0 aromatic heterocycles. The van der Waals surface area contributed by atoms with Crippen molar-refractivity contribution in [2.45, 2.75) is 18.9 Å². The Morgan fingerprint density at radius 1 is 1.64 bits per heavy atom. The number of rotatable bonds is 0. The van der Waals surface area contributed by atoms with Gasteiger partial charge in [0.15, 0.2) is 0 Å². The van der Waals surface area contributed by atoms with Crippen molar-refractivity contribution in [3.8, 4) is 0 Å². The smallest absolute Gasteiger partial charge is 0.334 e. The van der Waals surface area contributed by atoms with Crippen LogP contribution < -0.4 is 0 Å². The van der Waals surface area contributed by atoms with Crippen molar-refractivity contribution in [3.63, 3.8) is 0 Å². The first-order chi connectivity index (χ1) is 5.29. The summed E-state index contributed by atoms with van der Waals surface area (Å²) in [5.41, 5.74) is 0.652. The van der Waals surface area contributed by atoms with Crippen LogP contribution in [0.15, 0.2) is 24.3 Å². The van der Waals surface area contributed by atoms with Gasteiger partial charge in [-0.05, 0) is 18.9 Å². The highest BCUT2D eigenvalue weighted by Crippen LogP contribution is 2.33. The molecule has 2 nitrogen and oxygen atoms in total. The second kappa shape index (κ2) is 2.22. The van der Waals surface area contributed by atoms with Crippen molar-refractivity contribution in [2.75, 3.05) is 0 Å². The molecule has 1 aliphatic carbocycles. The van der Waals surface area contributed by atoms with Crippen molar-refractivity contribution >= 4 is 5.97 Å². The lowest BCUT2D eigenvalue weighted by molar-refractivity contribution is -0.137. The lowest BCUT2D eigenvalue weighted by Crippen LogP contribution is -2.16. The summed E-state index contributed by atoms with van der Waals surface area (Å²) >= 11 is 0. The minimum absolute atomic E-state index is 0.0104. The third-order valence-corrected chi connectivity index (χ3v) is 2.32. The molecule has 0 saturated carbocycles. The zero-order valence-corrected chi connectivity index (χ0v) is 6.25. The standard InChI is InChI=1S/C9H10O2/c1-6-7-4-2-3-5-8(7)11-9(6)10/h3,5,7-8H,1-2,4H2. The van der Waals surface area contributed by atoms with Gasteiger partial charge in [-0.3, -0.25) is 0 Å². The molecule has 1 aliphatic heterocycles. The van der Waals surface area contributed by atoms with E-state index in [1.54, 1.807) is 0 Å². The van der Waals surface area contributed by atoms with E-state index < -0.39 is 0 Å². The molecule has 2 unspecified atom stereocenters. The van der Waals surface area contributed by atoms with Gasteiger partial charge in [-0.15, -0.1) is 0 Å². The fraction of sp³-hybridized carbons (Fsp3) is 0.444. The second-order valence-electron chi connectivity index (χ2n) is 3.01. The van der Waals surface area contributed by atoms with E-state index in [1.807, 2.05) is 6.08 Å². The number of hydrogen-bond donors (Lipinski definition) is 0. The zero-order chi connectivity index (χ0) is 7.84. The SMILES string of the molecule is C=C1C(=O)OC2C=CCCC12. The fourth-order valence-corrected chi connectivity index (χ4v) is 1.65. The quantitative estimate of drug-likeness (QED) is 0.296. The average Bonchev–Trinajstić information content (AvgIpc) is 2.30. The topological polar surface area (TPSA) is 26.3 Å². The van der Waals surface area contributed by atoms with Crippen LogP contribution >= 0.6 is 0 Å². The van der Waals surface area contributed by atoms with Crippen LogP contribution in [0, 0.1) is 5.92 Å². The number of carbonyl (C=O) groups excluding carboxylic acids is 1. The molecule has 0 radical (unpaired) electrons. The maximum Gasteiger partial charge on any atom is 0.334 e. The van der Waals surface area contributed by atoms with E-state index >= 15 is 0 Å². The summed E-state index contributed by atoms with van der Waals surface area (Å²) in [4.78, 5) is 11.0. The van der Waals surface area contributed by atoms with Crippen LogP contribution in [0.1, 0.15) is 12.8 Å². The van der Waals surface area contributed by atoms with Crippen molar-refractivity contribution < 1.29 is 9.53 Å². The number of ether oxygens (including phenoxy) is 1. The van der Waals surface area contributed by atoms with E-state index in [2.05, 4.69) is 12.7 Å². The van der Waals surface area contributed by atoms with Gasteiger partial charge < -0.3 is 4.74 Å². The molecule has 2 atom stereocenters. The third kappa shape index (κ3) is 0.897. The summed E-state index contributed by atoms with van der Waals surface area (Å²) in [5, 5.41) is 0. The van der Waals surface area contributed by atoms with Crippen molar-refractivity contribution in [1.82, 2.24) is 0 Å². The highest BCUT2D eigenvalue weighted by molar-refractivity contribution is 5.91. The van der Waals surface area contributed by atoms with Crippen LogP contribution in [0.2, 0.25) is 0 Å².